The van der Waals surface area contributed by atoms with Gasteiger partial charge in [0.1, 0.15) is 5.82 Å². The van der Waals surface area contributed by atoms with E-state index < -0.39 is 17.5 Å². The monoisotopic (exact) mass is 190 g/mol. The molecule has 64 valence electrons. The predicted octanol–water partition coefficient (Wildman–Crippen LogP) is 2.65. The summed E-state index contributed by atoms with van der Waals surface area (Å²) in [6.07, 6.45) is -0.0786. The molecule has 0 bridgehead atoms. The molecule has 0 aromatic heterocycles. The zero-order valence-corrected chi connectivity index (χ0v) is 6.80. The maximum Gasteiger partial charge on any atom is 0.165 e. The van der Waals surface area contributed by atoms with Gasteiger partial charge in [0.2, 0.25) is 0 Å². The fourth-order valence-electron chi connectivity index (χ4n) is 0.840. The van der Waals surface area contributed by atoms with Gasteiger partial charge in [-0.1, -0.05) is 12.2 Å². The van der Waals surface area contributed by atoms with E-state index in [9.17, 15) is 13.2 Å². The van der Waals surface area contributed by atoms with Crippen LogP contribution >= 0.6 is 12.2 Å². The molecule has 0 heterocycles. The van der Waals surface area contributed by atoms with Gasteiger partial charge in [-0.2, -0.15) is 0 Å². The van der Waals surface area contributed by atoms with Crippen LogP contribution in [0.15, 0.2) is 12.1 Å². The van der Waals surface area contributed by atoms with Gasteiger partial charge in [0.25, 0.3) is 0 Å². The van der Waals surface area contributed by atoms with Crippen molar-refractivity contribution in [2.24, 2.45) is 0 Å². The van der Waals surface area contributed by atoms with Crippen molar-refractivity contribution < 1.29 is 13.2 Å². The molecule has 0 unspecified atom stereocenters. The molecule has 4 heteroatoms. The predicted molar refractivity (Wildman–Crippen MR) is 43.7 cm³/mol. The molecule has 1 rings (SSSR count). The van der Waals surface area contributed by atoms with Gasteiger partial charge in [-0.25, -0.2) is 13.2 Å². The van der Waals surface area contributed by atoms with Crippen LogP contribution in [0.5, 0.6) is 0 Å². The lowest BCUT2D eigenvalue weighted by molar-refractivity contribution is 0.484. The van der Waals surface area contributed by atoms with Gasteiger partial charge < -0.3 is 0 Å². The number of thiocarbonyl (C=S) groups is 1. The fraction of sp³-hybridized carbons (Fsp3) is 0.125. The highest BCUT2D eigenvalue weighted by atomic mass is 32.1. The summed E-state index contributed by atoms with van der Waals surface area (Å²) in [6.45, 7) is 0. The molecule has 0 aliphatic heterocycles. The molecule has 12 heavy (non-hydrogen) atoms. The summed E-state index contributed by atoms with van der Waals surface area (Å²) in [4.78, 5) is 0. The van der Waals surface area contributed by atoms with E-state index in [1.54, 1.807) is 0 Å². The third-order valence-electron chi connectivity index (χ3n) is 1.43. The molecule has 0 aliphatic carbocycles. The maximum absolute atomic E-state index is 12.8. The molecule has 0 aliphatic rings. The first-order valence-electron chi connectivity index (χ1n) is 3.23. The van der Waals surface area contributed by atoms with Crippen LogP contribution < -0.4 is 0 Å². The van der Waals surface area contributed by atoms with Gasteiger partial charge in [0, 0.05) is 12.0 Å². The zero-order chi connectivity index (χ0) is 9.14. The summed E-state index contributed by atoms with van der Waals surface area (Å²) in [5.41, 5.74) is -0.315. The molecule has 0 fully saturated rings. The topological polar surface area (TPSA) is 0 Å². The zero-order valence-electron chi connectivity index (χ0n) is 5.98. The largest absolute Gasteiger partial charge is 0.207 e. The first-order valence-corrected chi connectivity index (χ1v) is 3.70. The van der Waals surface area contributed by atoms with E-state index in [2.05, 4.69) is 12.2 Å². The Morgan fingerprint density at radius 1 is 1.17 bits per heavy atom. The van der Waals surface area contributed by atoms with Gasteiger partial charge in [-0.05, 0) is 17.5 Å². The standard InChI is InChI=1S/C8H5F3S/c9-6-1-2-7(10)8(11)5(6)3-4-12/h1-2,4H,3H2. The highest BCUT2D eigenvalue weighted by Crippen LogP contribution is 2.15. The first kappa shape index (κ1) is 9.19. The average molecular weight is 190 g/mol. The van der Waals surface area contributed by atoms with Gasteiger partial charge in [0.15, 0.2) is 11.6 Å². The van der Waals surface area contributed by atoms with Crippen LogP contribution in [0, 0.1) is 17.5 Å². The molecular formula is C8H5F3S. The Balaban J connectivity index is 3.22. The van der Waals surface area contributed by atoms with Crippen molar-refractivity contribution in [3.63, 3.8) is 0 Å². The minimum Gasteiger partial charge on any atom is -0.207 e. The van der Waals surface area contributed by atoms with Crippen LogP contribution in [0.25, 0.3) is 0 Å². The molecule has 0 saturated carbocycles. The van der Waals surface area contributed by atoms with Crippen molar-refractivity contribution in [3.8, 4) is 0 Å². The van der Waals surface area contributed by atoms with E-state index in [4.69, 9.17) is 0 Å². The molecule has 1 aromatic carbocycles. The molecular weight excluding hydrogens is 185 g/mol. The summed E-state index contributed by atoms with van der Waals surface area (Å²) in [5.74, 6) is -2.98. The Labute approximate surface area is 73.0 Å². The highest BCUT2D eigenvalue weighted by Gasteiger charge is 2.11. The molecule has 0 N–H and O–H groups in total. The number of halogens is 3. The summed E-state index contributed by atoms with van der Waals surface area (Å²) < 4.78 is 38.0. The van der Waals surface area contributed by atoms with Crippen molar-refractivity contribution in [3.05, 3.63) is 35.1 Å². The van der Waals surface area contributed by atoms with E-state index >= 15 is 0 Å². The summed E-state index contributed by atoms with van der Waals surface area (Å²) in [7, 11) is 0. The third kappa shape index (κ3) is 1.64. The van der Waals surface area contributed by atoms with Crippen molar-refractivity contribution in [2.75, 3.05) is 0 Å². The van der Waals surface area contributed by atoms with Crippen LogP contribution in [0.2, 0.25) is 0 Å². The Morgan fingerprint density at radius 2 is 1.75 bits per heavy atom. The maximum atomic E-state index is 12.8. The number of benzene rings is 1. The quantitative estimate of drug-likeness (QED) is 0.510. The SMILES string of the molecule is Fc1ccc(F)c(CC=S)c1F. The Bertz CT molecular complexity index is 309. The summed E-state index contributed by atoms with van der Waals surface area (Å²) in [6, 6.07) is 1.63. The first-order chi connectivity index (χ1) is 5.66. The molecule has 0 amide bonds. The lowest BCUT2D eigenvalue weighted by atomic mass is 10.1. The van der Waals surface area contributed by atoms with Gasteiger partial charge in [-0.15, -0.1) is 0 Å². The minimum absolute atomic E-state index is 0.0786. The Hall–Kier alpha value is -0.900. The molecule has 0 saturated heterocycles. The van der Waals surface area contributed by atoms with Crippen LogP contribution in [-0.4, -0.2) is 5.37 Å². The van der Waals surface area contributed by atoms with Gasteiger partial charge in [0.05, 0.1) is 0 Å². The third-order valence-corrected chi connectivity index (χ3v) is 1.59. The van der Waals surface area contributed by atoms with Crippen molar-refractivity contribution in [1.29, 1.82) is 0 Å². The van der Waals surface area contributed by atoms with Crippen LogP contribution in [0.4, 0.5) is 13.2 Å². The fourth-order valence-corrected chi connectivity index (χ4v) is 1.01. The van der Waals surface area contributed by atoms with E-state index in [1.807, 2.05) is 0 Å². The lowest BCUT2D eigenvalue weighted by Crippen LogP contribution is -1.98. The van der Waals surface area contributed by atoms with E-state index in [0.29, 0.717) is 0 Å². The number of hydrogen-bond acceptors (Lipinski definition) is 1. The summed E-state index contributed by atoms with van der Waals surface area (Å²) in [5, 5.41) is 1.15. The summed E-state index contributed by atoms with van der Waals surface area (Å²) >= 11 is 4.42. The van der Waals surface area contributed by atoms with Crippen molar-refractivity contribution >= 4 is 17.6 Å². The van der Waals surface area contributed by atoms with Gasteiger partial charge in [-0.3, -0.25) is 0 Å². The van der Waals surface area contributed by atoms with Crippen LogP contribution in [0.3, 0.4) is 0 Å². The molecule has 0 spiro atoms. The molecule has 0 nitrogen and oxygen atoms in total. The highest BCUT2D eigenvalue weighted by molar-refractivity contribution is 7.78. The van der Waals surface area contributed by atoms with Crippen LogP contribution in [-0.2, 0) is 6.42 Å². The number of hydrogen-bond donors (Lipinski definition) is 0. The Kier molecular flexibility index (Phi) is 2.81. The smallest absolute Gasteiger partial charge is 0.165 e. The van der Waals surface area contributed by atoms with Crippen LogP contribution in [0.1, 0.15) is 5.56 Å². The number of rotatable bonds is 2. The minimum atomic E-state index is -1.16. The van der Waals surface area contributed by atoms with Crippen molar-refractivity contribution in [2.45, 2.75) is 6.42 Å². The van der Waals surface area contributed by atoms with E-state index in [0.717, 1.165) is 17.5 Å². The second-order valence-electron chi connectivity index (χ2n) is 2.19. The molecule has 1 aromatic rings. The molecule has 0 radical (unpaired) electrons. The molecule has 0 atom stereocenters. The van der Waals surface area contributed by atoms with Crippen molar-refractivity contribution in [1.82, 2.24) is 0 Å². The van der Waals surface area contributed by atoms with E-state index in [-0.39, 0.29) is 12.0 Å². The average Bonchev–Trinajstić information content (AvgIpc) is 2.06. The second kappa shape index (κ2) is 3.67. The Morgan fingerprint density at radius 3 is 2.33 bits per heavy atom. The van der Waals surface area contributed by atoms with E-state index in [1.165, 1.54) is 0 Å². The van der Waals surface area contributed by atoms with Gasteiger partial charge >= 0.3 is 0 Å². The lowest BCUT2D eigenvalue weighted by Gasteiger charge is -2.01. The second-order valence-corrected chi connectivity index (χ2v) is 2.53. The normalized spacial score (nSPS) is 9.92.